The van der Waals surface area contributed by atoms with Gasteiger partial charge < -0.3 is 42.9 Å². The van der Waals surface area contributed by atoms with E-state index in [4.69, 9.17) is 43.2 Å². The number of aryl methyl sites for hydroxylation is 2. The van der Waals surface area contributed by atoms with Gasteiger partial charge in [-0.1, -0.05) is 5.16 Å². The predicted molar refractivity (Wildman–Crippen MR) is 368 cm³/mol. The van der Waals surface area contributed by atoms with Crippen molar-refractivity contribution in [2.24, 2.45) is 18.9 Å². The topological polar surface area (TPSA) is 258 Å². The number of hydrogen-bond donors (Lipinski definition) is 1. The smallest absolute Gasteiger partial charge is 0.250 e. The van der Waals surface area contributed by atoms with Crippen molar-refractivity contribution in [3.05, 3.63) is 188 Å². The fourth-order valence-electron chi connectivity index (χ4n) is 11.0. The minimum absolute atomic E-state index is 0.315. The Hall–Kier alpha value is -11.5. The summed E-state index contributed by atoms with van der Waals surface area (Å²) >= 11 is 0. The van der Waals surface area contributed by atoms with Crippen molar-refractivity contribution in [3.8, 4) is 62.5 Å². The van der Waals surface area contributed by atoms with Gasteiger partial charge in [0, 0.05) is 138 Å². The first-order valence-corrected chi connectivity index (χ1v) is 33.0. The number of nitrogens with one attached hydrogen (secondary N) is 1. The molecule has 2 saturated carbocycles. The molecule has 26 heteroatoms. The van der Waals surface area contributed by atoms with E-state index >= 15 is 0 Å². The Morgan fingerprint density at radius 2 is 0.959 bits per heavy atom. The zero-order valence-corrected chi connectivity index (χ0v) is 55.3. The molecular weight excluding hydrogens is 1260 g/mol. The highest BCUT2D eigenvalue weighted by Crippen LogP contribution is 2.41. The van der Waals surface area contributed by atoms with Gasteiger partial charge in [0.25, 0.3) is 10.0 Å². The van der Waals surface area contributed by atoms with Crippen molar-refractivity contribution in [1.82, 2.24) is 64.2 Å². The summed E-state index contributed by atoms with van der Waals surface area (Å²) in [5, 5.41) is 19.0. The van der Waals surface area contributed by atoms with Crippen LogP contribution in [0.25, 0.3) is 66.9 Å². The highest BCUT2D eigenvalue weighted by molar-refractivity contribution is 7.89. The highest BCUT2D eigenvalue weighted by atomic mass is 32.2. The van der Waals surface area contributed by atoms with Gasteiger partial charge in [0.15, 0.2) is 5.76 Å². The van der Waals surface area contributed by atoms with Crippen LogP contribution in [0, 0.1) is 24.6 Å². The molecule has 0 radical (unpaired) electrons. The fraction of sp³-hybridized carbons (Fsp3) is 0.239. The number of H-pyrrole nitrogens is 1. The van der Waals surface area contributed by atoms with Gasteiger partial charge >= 0.3 is 0 Å². The van der Waals surface area contributed by atoms with Gasteiger partial charge in [0.1, 0.15) is 34.6 Å². The Balaban J connectivity index is 0.000000131. The third-order valence-corrected chi connectivity index (χ3v) is 17.3. The van der Waals surface area contributed by atoms with Crippen molar-refractivity contribution in [2.45, 2.75) is 39.2 Å². The number of rotatable bonds is 21. The first kappa shape index (κ1) is 64.2. The van der Waals surface area contributed by atoms with Gasteiger partial charge in [-0.25, -0.2) is 27.8 Å². The van der Waals surface area contributed by atoms with Crippen LogP contribution in [0.15, 0.2) is 176 Å². The molecule has 0 atom stereocenters. The van der Waals surface area contributed by atoms with Crippen LogP contribution in [0.5, 0.6) is 28.7 Å². The molecule has 2 aliphatic rings. The van der Waals surface area contributed by atoms with E-state index in [-0.39, 0.29) is 5.82 Å². The van der Waals surface area contributed by atoms with E-state index in [0.717, 1.165) is 131 Å². The summed E-state index contributed by atoms with van der Waals surface area (Å²) in [5.41, 5.74) is 15.3. The number of anilines is 6. The molecule has 494 valence electrons. The number of halogens is 1. The molecule has 15 rings (SSSR count). The van der Waals surface area contributed by atoms with Crippen molar-refractivity contribution in [3.63, 3.8) is 0 Å². The summed E-state index contributed by atoms with van der Waals surface area (Å²) in [6.07, 6.45) is 21.2. The van der Waals surface area contributed by atoms with Crippen LogP contribution in [-0.2, 0) is 23.6 Å². The lowest BCUT2D eigenvalue weighted by atomic mass is 10.1. The molecule has 0 bridgehead atoms. The Kier molecular flexibility index (Phi) is 18.4. The van der Waals surface area contributed by atoms with Crippen LogP contribution in [0.4, 0.5) is 38.5 Å². The lowest BCUT2D eigenvalue weighted by Crippen LogP contribution is -2.20. The number of ether oxygens (including phenoxy) is 5. The van der Waals surface area contributed by atoms with E-state index in [1.807, 2.05) is 123 Å². The molecule has 0 aliphatic heterocycles. The van der Waals surface area contributed by atoms with E-state index in [1.165, 1.54) is 44.1 Å². The molecule has 0 saturated heterocycles. The summed E-state index contributed by atoms with van der Waals surface area (Å²) in [4.78, 5) is 34.5. The second kappa shape index (κ2) is 27.8. The lowest BCUT2D eigenvalue weighted by Gasteiger charge is -2.26. The van der Waals surface area contributed by atoms with Gasteiger partial charge in [-0.2, -0.15) is 19.4 Å². The van der Waals surface area contributed by atoms with Crippen molar-refractivity contribution >= 4 is 77.2 Å². The van der Waals surface area contributed by atoms with E-state index in [1.54, 1.807) is 83.5 Å². The molecule has 0 amide bonds. The largest absolute Gasteiger partial charge is 0.497 e. The predicted octanol–water partition coefficient (Wildman–Crippen LogP) is 13.3. The van der Waals surface area contributed by atoms with Gasteiger partial charge in [-0.15, -0.1) is 0 Å². The molecule has 13 aromatic rings. The normalized spacial score (nSPS) is 12.8. The van der Waals surface area contributed by atoms with Crippen molar-refractivity contribution < 1.29 is 41.0 Å². The summed E-state index contributed by atoms with van der Waals surface area (Å²) < 4.78 is 73.2. The molecule has 7 aromatic heterocycles. The highest BCUT2D eigenvalue weighted by Gasteiger charge is 2.28. The first-order valence-electron chi connectivity index (χ1n) is 31.2. The molecule has 97 heavy (non-hydrogen) atoms. The molecule has 0 spiro atoms. The fourth-order valence-corrected chi connectivity index (χ4v) is 11.5. The summed E-state index contributed by atoms with van der Waals surface area (Å²) in [7, 11) is 6.50. The maximum atomic E-state index is 14.2. The zero-order chi connectivity index (χ0) is 67.3. The van der Waals surface area contributed by atoms with Crippen LogP contribution >= 0.6 is 0 Å². The van der Waals surface area contributed by atoms with E-state index in [0.29, 0.717) is 52.4 Å². The number of nitrogens with zero attached hydrogens (tertiary/aromatic N) is 15. The third kappa shape index (κ3) is 15.2. The first-order chi connectivity index (χ1) is 47.0. The standard InChI is InChI=1S/C24H22N6O3.C24H25N5O4S.C23H22FN5O/c1-15-6-21(33-29-15)14-30(18-7-19(31-2)10-20(8-18)32-3)17-4-5-22-23(9-17)28-24(13-25-22)16-11-26-27-12-16;1-32-20-8-19(9-21(11-20)33-2)28(14-16-4-5-16)18-6-7-22-23(10-18)27-24(13-25-22)17-12-26-29(15-17)34(3,30)31;1-28-14-16(11-26-28)23-12-25-21-6-5-18(10-22(21)27-23)29(13-15-3-4-15)19-7-17(24)8-20(9-19)30-2/h4-13H,14H2,1-3H3,(H,26,27);6-13,15-16H,4-5,14H2,1-3H3;5-12,14-15H,3-4,13H2,1-2H3. The number of hydrogen-bond acceptors (Lipinski definition) is 21. The minimum atomic E-state index is -3.47. The quantitative estimate of drug-likeness (QED) is 0.0701. The number of aromatic amines is 1. The van der Waals surface area contributed by atoms with Gasteiger partial charge in [0.2, 0.25) is 0 Å². The number of methoxy groups -OCH3 is 5. The van der Waals surface area contributed by atoms with Gasteiger partial charge in [0.05, 0.1) is 148 Å². The summed E-state index contributed by atoms with van der Waals surface area (Å²) in [5.74, 6) is 4.98. The van der Waals surface area contributed by atoms with Crippen LogP contribution in [0.3, 0.4) is 0 Å². The van der Waals surface area contributed by atoms with E-state index < -0.39 is 10.0 Å². The second-order valence-corrected chi connectivity index (χ2v) is 25.5. The molecule has 24 nitrogen and oxygen atoms in total. The Morgan fingerprint density at radius 1 is 0.515 bits per heavy atom. The SMILES string of the molecule is COc1cc(F)cc(N(CC2CC2)c2ccc3ncc(-c4cnn(C)c4)nc3c2)c1.COc1cc(OC)cc(N(CC2CC2)c2ccc3ncc(-c4cnn(S(C)(=O)=O)c4)nc3c2)c1.COc1cc(OC)cc(N(Cc2cc(C)no2)c2ccc3ncc(-c4cn[nH]c4)nc3c2)c1. The van der Waals surface area contributed by atoms with E-state index in [9.17, 15) is 12.8 Å². The molecule has 6 aromatic carbocycles. The van der Waals surface area contributed by atoms with Gasteiger partial charge in [-0.3, -0.25) is 24.7 Å². The number of fused-ring (bicyclic) bond motifs is 3. The van der Waals surface area contributed by atoms with Crippen molar-refractivity contribution in [1.29, 1.82) is 0 Å². The average Bonchev–Trinajstić information content (AvgIpc) is 1.70. The number of aromatic nitrogens is 13. The van der Waals surface area contributed by atoms with Gasteiger partial charge in [-0.05, 0) is 105 Å². The van der Waals surface area contributed by atoms with Crippen LogP contribution < -0.4 is 38.4 Å². The monoisotopic (exact) mass is 1320 g/mol. The van der Waals surface area contributed by atoms with E-state index in [2.05, 4.69) is 55.2 Å². The summed E-state index contributed by atoms with van der Waals surface area (Å²) in [6, 6.07) is 36.2. The van der Waals surface area contributed by atoms with Crippen molar-refractivity contribution in [2.75, 3.05) is 69.6 Å². The molecule has 0 unspecified atom stereocenters. The average molecular weight is 1330 g/mol. The molecular formula is C71H69FN16O8S. The Labute approximate surface area is 558 Å². The molecule has 2 fully saturated rings. The molecule has 2 aliphatic carbocycles. The summed E-state index contributed by atoms with van der Waals surface area (Å²) in [6.45, 7) is 4.05. The maximum Gasteiger partial charge on any atom is 0.250 e. The third-order valence-electron chi connectivity index (χ3n) is 16.5. The Morgan fingerprint density at radius 3 is 1.37 bits per heavy atom. The molecule has 7 heterocycles. The zero-order valence-electron chi connectivity index (χ0n) is 54.5. The van der Waals surface area contributed by atoms with Crippen LogP contribution in [0.1, 0.15) is 37.1 Å². The lowest BCUT2D eigenvalue weighted by molar-refractivity contribution is 0.380. The van der Waals surface area contributed by atoms with Crippen LogP contribution in [-0.4, -0.2) is 128 Å². The maximum absolute atomic E-state index is 14.2. The van der Waals surface area contributed by atoms with Crippen LogP contribution in [0.2, 0.25) is 0 Å². The second-order valence-electron chi connectivity index (χ2n) is 23.7. The Bertz CT molecular complexity index is 5030. The minimum Gasteiger partial charge on any atom is -0.497 e. The number of benzene rings is 6. The molecule has 1 N–H and O–H groups in total.